The molecule has 1 aliphatic heterocycles. The van der Waals surface area contributed by atoms with Crippen molar-refractivity contribution in [1.29, 1.82) is 0 Å². The van der Waals surface area contributed by atoms with Crippen LogP contribution in [0.5, 0.6) is 0 Å². The molecule has 0 radical (unpaired) electrons. The zero-order valence-corrected chi connectivity index (χ0v) is 24.1. The summed E-state index contributed by atoms with van der Waals surface area (Å²) in [6.07, 6.45) is 0.264. The van der Waals surface area contributed by atoms with Crippen molar-refractivity contribution in [3.05, 3.63) is 29.6 Å². The third-order valence-corrected chi connectivity index (χ3v) is 6.95. The zero-order valence-electron chi connectivity index (χ0n) is 24.1. The van der Waals surface area contributed by atoms with Gasteiger partial charge in [-0.2, -0.15) is 0 Å². The number of aliphatic carboxylic acids is 1. The maximum absolute atomic E-state index is 13.0. The molecule has 0 aliphatic carbocycles. The van der Waals surface area contributed by atoms with Gasteiger partial charge in [0.15, 0.2) is 0 Å². The minimum Gasteiger partial charge on any atom is -0.480 e. The number of amides is 2. The lowest BCUT2D eigenvalue weighted by atomic mass is 10.2. The van der Waals surface area contributed by atoms with Crippen LogP contribution < -0.4 is 0 Å². The van der Waals surface area contributed by atoms with Gasteiger partial charge in [-0.05, 0) is 25.6 Å². The van der Waals surface area contributed by atoms with E-state index in [1.165, 1.54) is 11.0 Å². The van der Waals surface area contributed by atoms with E-state index in [0.717, 1.165) is 13.1 Å². The number of aromatic carboxylic acids is 1. The summed E-state index contributed by atoms with van der Waals surface area (Å²) in [4.78, 5) is 65.6. The van der Waals surface area contributed by atoms with Crippen LogP contribution >= 0.6 is 0 Å². The van der Waals surface area contributed by atoms with Crippen molar-refractivity contribution < 1.29 is 29.4 Å². The molecule has 0 bridgehead atoms. The molecule has 0 unspecified atom stereocenters. The minimum atomic E-state index is -1.08. The highest BCUT2D eigenvalue weighted by Gasteiger charge is 2.21. The topological polar surface area (TPSA) is 150 Å². The number of hydrogen-bond donors (Lipinski definition) is 2. The number of carboxylic acid groups (broad SMARTS) is 2. The molecular formula is C27H43N7O6. The van der Waals surface area contributed by atoms with E-state index >= 15 is 0 Å². The fourth-order valence-corrected chi connectivity index (χ4v) is 4.29. The molecule has 222 valence electrons. The molecule has 2 heterocycles. The van der Waals surface area contributed by atoms with E-state index in [-0.39, 0.29) is 37.0 Å². The molecule has 1 aromatic rings. The Hall–Kier alpha value is -3.26. The van der Waals surface area contributed by atoms with Crippen molar-refractivity contribution in [2.45, 2.75) is 33.7 Å². The molecule has 1 fully saturated rings. The number of aliphatic imine (C=N–C) groups is 1. The van der Waals surface area contributed by atoms with Gasteiger partial charge in [-0.25, -0.2) is 14.8 Å². The SMILES string of the molecule is CCC(=O)N=C(C)N(C)C(=O)CN1CCN(CC)CCN(Cc2cccc(C(=O)O)n2)CCN(CC(=O)O)CC1. The zero-order chi connectivity index (χ0) is 29.7. The van der Waals surface area contributed by atoms with Crippen LogP contribution in [0.2, 0.25) is 0 Å². The van der Waals surface area contributed by atoms with Crippen LogP contribution in [0, 0.1) is 0 Å². The van der Waals surface area contributed by atoms with Crippen molar-refractivity contribution in [1.82, 2.24) is 29.5 Å². The minimum absolute atomic E-state index is 0.00625. The number of pyridine rings is 1. The molecule has 0 saturated carbocycles. The second kappa shape index (κ2) is 16.8. The van der Waals surface area contributed by atoms with Crippen molar-refractivity contribution >= 4 is 29.6 Å². The molecule has 13 heteroatoms. The summed E-state index contributed by atoms with van der Waals surface area (Å²) in [5.41, 5.74) is 0.640. The predicted octanol–water partition coefficient (Wildman–Crippen LogP) is 0.419. The van der Waals surface area contributed by atoms with Gasteiger partial charge in [0, 0.05) is 72.4 Å². The van der Waals surface area contributed by atoms with E-state index < -0.39 is 11.9 Å². The highest BCUT2D eigenvalue weighted by molar-refractivity contribution is 6.02. The molecule has 2 rings (SSSR count). The van der Waals surface area contributed by atoms with Crippen molar-refractivity contribution in [2.24, 2.45) is 4.99 Å². The highest BCUT2D eigenvalue weighted by atomic mass is 16.4. The second-order valence-corrected chi connectivity index (χ2v) is 9.83. The molecule has 2 N–H and O–H groups in total. The van der Waals surface area contributed by atoms with Crippen LogP contribution in [0.15, 0.2) is 23.2 Å². The van der Waals surface area contributed by atoms with E-state index in [1.807, 2.05) is 9.80 Å². The second-order valence-electron chi connectivity index (χ2n) is 9.83. The van der Waals surface area contributed by atoms with E-state index in [1.54, 1.807) is 33.0 Å². The largest absolute Gasteiger partial charge is 0.480 e. The number of carbonyl (C=O) groups is 4. The average Bonchev–Trinajstić information content (AvgIpc) is 2.92. The molecule has 2 amide bonds. The number of likely N-dealkylation sites (N-methyl/N-ethyl adjacent to an activating group) is 2. The number of nitrogens with zero attached hydrogens (tertiary/aromatic N) is 7. The van der Waals surface area contributed by atoms with Gasteiger partial charge in [0.2, 0.25) is 11.8 Å². The smallest absolute Gasteiger partial charge is 0.354 e. The number of rotatable bonds is 9. The summed E-state index contributed by atoms with van der Waals surface area (Å²) in [6, 6.07) is 4.94. The first-order valence-electron chi connectivity index (χ1n) is 13.7. The molecular weight excluding hydrogens is 518 g/mol. The summed E-state index contributed by atoms with van der Waals surface area (Å²) in [7, 11) is 1.60. The van der Waals surface area contributed by atoms with Crippen LogP contribution in [0.25, 0.3) is 0 Å². The van der Waals surface area contributed by atoms with Gasteiger partial charge in [0.1, 0.15) is 11.5 Å². The Balaban J connectivity index is 2.15. The van der Waals surface area contributed by atoms with Gasteiger partial charge >= 0.3 is 11.9 Å². The Morgan fingerprint density at radius 2 is 1.43 bits per heavy atom. The number of carboxylic acids is 2. The summed E-state index contributed by atoms with van der Waals surface area (Å²) < 4.78 is 0. The first kappa shape index (κ1) is 32.9. The van der Waals surface area contributed by atoms with Crippen molar-refractivity contribution in [3.63, 3.8) is 0 Å². The third-order valence-electron chi connectivity index (χ3n) is 6.95. The molecule has 0 spiro atoms. The number of aromatic nitrogens is 1. The van der Waals surface area contributed by atoms with Crippen LogP contribution in [0.3, 0.4) is 0 Å². The Morgan fingerprint density at radius 3 is 1.95 bits per heavy atom. The molecule has 1 saturated heterocycles. The summed E-state index contributed by atoms with van der Waals surface area (Å²) in [6.45, 7) is 11.5. The lowest BCUT2D eigenvalue weighted by Crippen LogP contribution is -2.49. The quantitative estimate of drug-likeness (QED) is 0.319. The molecule has 1 aromatic heterocycles. The Labute approximate surface area is 236 Å². The van der Waals surface area contributed by atoms with Gasteiger partial charge in [0.25, 0.3) is 0 Å². The average molecular weight is 562 g/mol. The van der Waals surface area contributed by atoms with Crippen LogP contribution in [0.4, 0.5) is 0 Å². The normalized spacial score (nSPS) is 17.6. The highest BCUT2D eigenvalue weighted by Crippen LogP contribution is 2.07. The summed E-state index contributed by atoms with van der Waals surface area (Å²) in [5, 5.41) is 18.8. The number of amidine groups is 1. The maximum atomic E-state index is 13.0. The van der Waals surface area contributed by atoms with Gasteiger partial charge in [0.05, 0.1) is 18.8 Å². The van der Waals surface area contributed by atoms with Gasteiger partial charge in [-0.3, -0.25) is 29.1 Å². The van der Waals surface area contributed by atoms with Crippen LogP contribution in [-0.2, 0) is 20.9 Å². The lowest BCUT2D eigenvalue weighted by molar-refractivity contribution is -0.138. The molecule has 0 atom stereocenters. The number of hydrogen-bond acceptors (Lipinski definition) is 9. The first-order chi connectivity index (χ1) is 19.0. The van der Waals surface area contributed by atoms with Crippen molar-refractivity contribution in [2.75, 3.05) is 79.0 Å². The third kappa shape index (κ3) is 11.5. The van der Waals surface area contributed by atoms with E-state index in [4.69, 9.17) is 0 Å². The Kier molecular flexibility index (Phi) is 13.8. The van der Waals surface area contributed by atoms with E-state index in [9.17, 15) is 29.4 Å². The molecule has 0 aromatic carbocycles. The summed E-state index contributed by atoms with van der Waals surface area (Å²) >= 11 is 0. The monoisotopic (exact) mass is 561 g/mol. The molecule has 1 aliphatic rings. The van der Waals surface area contributed by atoms with E-state index in [0.29, 0.717) is 63.9 Å². The molecule has 40 heavy (non-hydrogen) atoms. The predicted molar refractivity (Wildman–Crippen MR) is 150 cm³/mol. The standard InChI is InChI=1S/C27H43N7O6/c1-5-24(35)28-21(3)30(4)25(36)19-33-13-11-31(6-2)10-12-32(14-16-34(17-15-33)20-26(37)38)18-22-8-7-9-23(29-22)27(39)40/h7-9H,5-6,10-20H2,1-4H3,(H,37,38)(H,39,40). The summed E-state index contributed by atoms with van der Waals surface area (Å²) in [5.74, 6) is -2.14. The van der Waals surface area contributed by atoms with Gasteiger partial charge in [-0.1, -0.05) is 19.9 Å². The number of carbonyl (C=O) groups excluding carboxylic acids is 2. The Morgan fingerprint density at radius 1 is 0.875 bits per heavy atom. The van der Waals surface area contributed by atoms with Crippen molar-refractivity contribution in [3.8, 4) is 0 Å². The molecule has 13 nitrogen and oxygen atoms in total. The van der Waals surface area contributed by atoms with Crippen LogP contribution in [0.1, 0.15) is 43.4 Å². The van der Waals surface area contributed by atoms with E-state index in [2.05, 4.69) is 26.7 Å². The fraction of sp³-hybridized carbons (Fsp3) is 0.630. The maximum Gasteiger partial charge on any atom is 0.354 e. The Bertz CT molecular complexity index is 1050. The van der Waals surface area contributed by atoms with Crippen LogP contribution in [-0.4, -0.2) is 148 Å². The first-order valence-corrected chi connectivity index (χ1v) is 13.7. The lowest BCUT2D eigenvalue weighted by Gasteiger charge is -2.33. The van der Waals surface area contributed by atoms with Gasteiger partial charge < -0.3 is 20.0 Å². The van der Waals surface area contributed by atoms with Gasteiger partial charge in [-0.15, -0.1) is 0 Å². The fourth-order valence-electron chi connectivity index (χ4n) is 4.29.